The van der Waals surface area contributed by atoms with Gasteiger partial charge in [-0.15, -0.1) is 5.10 Å². The number of hydrogen-bond donors (Lipinski definition) is 0. The maximum atomic E-state index is 13.2. The van der Waals surface area contributed by atoms with Crippen LogP contribution in [0.15, 0.2) is 11.4 Å². The van der Waals surface area contributed by atoms with Gasteiger partial charge >= 0.3 is 6.01 Å². The van der Waals surface area contributed by atoms with E-state index < -0.39 is 20.0 Å². The van der Waals surface area contributed by atoms with Crippen molar-refractivity contribution in [2.24, 2.45) is 0 Å². The Morgan fingerprint density at radius 2 is 2.25 bits per heavy atom. The van der Waals surface area contributed by atoms with Crippen LogP contribution in [-0.4, -0.2) is 35.1 Å². The summed E-state index contributed by atoms with van der Waals surface area (Å²) in [5.41, 5.74) is -0.328. The highest BCUT2D eigenvalue weighted by atomic mass is 35.7. The zero-order chi connectivity index (χ0) is 11.9. The minimum Gasteiger partial charge on any atom is -0.467 e. The molecule has 0 saturated heterocycles. The summed E-state index contributed by atoms with van der Waals surface area (Å²) in [6.07, 6.45) is 0.841. The topological polar surface area (TPSA) is 86.5 Å². The van der Waals surface area contributed by atoms with Crippen LogP contribution in [-0.2, 0) is 9.05 Å². The van der Waals surface area contributed by atoms with E-state index in [1.54, 1.807) is 0 Å². The van der Waals surface area contributed by atoms with Gasteiger partial charge in [-0.05, 0) is 0 Å². The van der Waals surface area contributed by atoms with Gasteiger partial charge in [-0.2, -0.15) is 9.50 Å². The summed E-state index contributed by atoms with van der Waals surface area (Å²) in [5.74, 6) is -0.833. The standard InChI is InChI=1S/C6H4ClFN4O3S/c1-15-6-9-2-3(8)4-10-5(11-12(4)6)16(7,13)14/h2H,1H3. The average Bonchev–Trinajstić information content (AvgIpc) is 2.63. The molecule has 0 atom stereocenters. The van der Waals surface area contributed by atoms with E-state index in [1.807, 2.05) is 0 Å². The Kier molecular flexibility index (Phi) is 2.43. The molecule has 2 heterocycles. The quantitative estimate of drug-likeness (QED) is 0.722. The van der Waals surface area contributed by atoms with Gasteiger partial charge in [-0.1, -0.05) is 0 Å². The first kappa shape index (κ1) is 11.0. The lowest BCUT2D eigenvalue weighted by Crippen LogP contribution is -2.01. The fourth-order valence-corrected chi connectivity index (χ4v) is 1.62. The van der Waals surface area contributed by atoms with Gasteiger partial charge in [0.25, 0.3) is 14.2 Å². The molecule has 0 unspecified atom stereocenters. The molecule has 0 saturated carbocycles. The van der Waals surface area contributed by atoms with Crippen LogP contribution in [0.2, 0.25) is 0 Å². The molecular weight excluding hydrogens is 263 g/mol. The minimum atomic E-state index is -4.13. The summed E-state index contributed by atoms with van der Waals surface area (Å²) >= 11 is 0. The molecule has 0 aliphatic rings. The predicted octanol–water partition coefficient (Wildman–Crippen LogP) is 0.199. The summed E-state index contributed by atoms with van der Waals surface area (Å²) < 4.78 is 40.7. The molecule has 0 bridgehead atoms. The maximum Gasteiger partial charge on any atom is 0.319 e. The summed E-state index contributed by atoms with van der Waals surface area (Å²) in [6, 6.07) is -0.101. The Morgan fingerprint density at radius 1 is 1.56 bits per heavy atom. The zero-order valence-corrected chi connectivity index (χ0v) is 9.33. The summed E-state index contributed by atoms with van der Waals surface area (Å²) in [7, 11) is 2.17. The molecule has 86 valence electrons. The molecule has 0 N–H and O–H groups in total. The summed E-state index contributed by atoms with van der Waals surface area (Å²) in [4.78, 5) is 6.97. The van der Waals surface area contributed by atoms with Crippen molar-refractivity contribution in [2.45, 2.75) is 5.16 Å². The molecule has 0 spiro atoms. The second-order valence-electron chi connectivity index (χ2n) is 2.66. The van der Waals surface area contributed by atoms with Crippen molar-refractivity contribution in [3.05, 3.63) is 12.0 Å². The number of fused-ring (bicyclic) bond motifs is 1. The van der Waals surface area contributed by atoms with Crippen molar-refractivity contribution < 1.29 is 17.5 Å². The van der Waals surface area contributed by atoms with Crippen LogP contribution in [0, 0.1) is 5.82 Å². The second kappa shape index (κ2) is 3.52. The smallest absolute Gasteiger partial charge is 0.319 e. The monoisotopic (exact) mass is 266 g/mol. The highest BCUT2D eigenvalue weighted by Crippen LogP contribution is 2.17. The predicted molar refractivity (Wildman–Crippen MR) is 50.3 cm³/mol. The molecule has 2 aromatic rings. The summed E-state index contributed by atoms with van der Waals surface area (Å²) in [6.45, 7) is 0. The molecule has 2 rings (SSSR count). The molecule has 10 heteroatoms. The van der Waals surface area contributed by atoms with Gasteiger partial charge in [-0.25, -0.2) is 17.8 Å². The Bertz CT molecular complexity index is 655. The maximum absolute atomic E-state index is 13.2. The normalized spacial score (nSPS) is 11.9. The van der Waals surface area contributed by atoms with Crippen molar-refractivity contribution >= 4 is 25.4 Å². The van der Waals surface area contributed by atoms with E-state index in [2.05, 4.69) is 15.1 Å². The van der Waals surface area contributed by atoms with E-state index in [4.69, 9.17) is 15.4 Å². The van der Waals surface area contributed by atoms with Gasteiger partial charge in [-0.3, -0.25) is 0 Å². The van der Waals surface area contributed by atoms with Gasteiger partial charge in [0, 0.05) is 10.7 Å². The number of nitrogens with zero attached hydrogens (tertiary/aromatic N) is 4. The highest BCUT2D eigenvalue weighted by molar-refractivity contribution is 8.13. The fourth-order valence-electron chi connectivity index (χ4n) is 1.05. The van der Waals surface area contributed by atoms with Crippen LogP contribution in [0.5, 0.6) is 6.01 Å². The molecular formula is C6H4ClFN4O3S. The van der Waals surface area contributed by atoms with E-state index in [0.29, 0.717) is 0 Å². The second-order valence-corrected chi connectivity index (χ2v) is 5.12. The van der Waals surface area contributed by atoms with E-state index in [9.17, 15) is 12.8 Å². The molecule has 0 aliphatic heterocycles. The van der Waals surface area contributed by atoms with Crippen molar-refractivity contribution in [1.82, 2.24) is 19.6 Å². The van der Waals surface area contributed by atoms with Gasteiger partial charge < -0.3 is 4.74 Å². The molecule has 0 amide bonds. The fraction of sp³-hybridized carbons (Fsp3) is 0.167. The first-order valence-corrected chi connectivity index (χ1v) is 6.14. The van der Waals surface area contributed by atoms with Crippen LogP contribution < -0.4 is 4.74 Å². The lowest BCUT2D eigenvalue weighted by atomic mass is 10.6. The van der Waals surface area contributed by atoms with Crippen molar-refractivity contribution in [2.75, 3.05) is 7.11 Å². The first-order chi connectivity index (χ1) is 7.43. The lowest BCUT2D eigenvalue weighted by Gasteiger charge is -1.99. The third kappa shape index (κ3) is 1.67. The molecule has 7 nitrogen and oxygen atoms in total. The first-order valence-electron chi connectivity index (χ1n) is 3.83. The number of halogens is 2. The third-order valence-corrected chi connectivity index (χ3v) is 2.69. The number of methoxy groups -OCH3 is 1. The van der Waals surface area contributed by atoms with Crippen LogP contribution in [0.4, 0.5) is 4.39 Å². The molecule has 0 radical (unpaired) electrons. The number of hydrogen-bond acceptors (Lipinski definition) is 6. The van der Waals surface area contributed by atoms with Gasteiger partial charge in [0.1, 0.15) is 0 Å². The van der Waals surface area contributed by atoms with Crippen molar-refractivity contribution in [3.8, 4) is 6.01 Å². The Morgan fingerprint density at radius 3 is 2.81 bits per heavy atom. The molecule has 0 aromatic carbocycles. The highest BCUT2D eigenvalue weighted by Gasteiger charge is 2.21. The largest absolute Gasteiger partial charge is 0.467 e. The van der Waals surface area contributed by atoms with Crippen LogP contribution in [0.25, 0.3) is 5.65 Å². The van der Waals surface area contributed by atoms with Crippen LogP contribution in [0.1, 0.15) is 0 Å². The molecule has 0 aliphatic carbocycles. The SMILES string of the molecule is COc1ncc(F)c2nc(S(=O)(=O)Cl)nn12. The van der Waals surface area contributed by atoms with Gasteiger partial charge in [0.2, 0.25) is 0 Å². The third-order valence-electron chi connectivity index (χ3n) is 1.67. The Balaban J connectivity index is 2.83. The lowest BCUT2D eigenvalue weighted by molar-refractivity contribution is 0.363. The average molecular weight is 267 g/mol. The molecule has 2 aromatic heterocycles. The number of rotatable bonds is 2. The minimum absolute atomic E-state index is 0.101. The van der Waals surface area contributed by atoms with Crippen LogP contribution >= 0.6 is 10.7 Å². The van der Waals surface area contributed by atoms with Crippen molar-refractivity contribution in [1.29, 1.82) is 0 Å². The zero-order valence-electron chi connectivity index (χ0n) is 7.76. The van der Waals surface area contributed by atoms with E-state index >= 15 is 0 Å². The van der Waals surface area contributed by atoms with Gasteiger partial charge in [0.15, 0.2) is 11.5 Å². The molecule has 0 fully saturated rings. The van der Waals surface area contributed by atoms with E-state index in [-0.39, 0.29) is 11.7 Å². The number of aromatic nitrogens is 4. The van der Waals surface area contributed by atoms with Crippen molar-refractivity contribution in [3.63, 3.8) is 0 Å². The Hall–Kier alpha value is -1.48. The summed E-state index contributed by atoms with van der Waals surface area (Å²) in [5, 5.41) is 2.76. The number of ether oxygens (including phenoxy) is 1. The molecule has 16 heavy (non-hydrogen) atoms. The Labute approximate surface area is 93.3 Å². The van der Waals surface area contributed by atoms with Crippen LogP contribution in [0.3, 0.4) is 0 Å². The van der Waals surface area contributed by atoms with E-state index in [0.717, 1.165) is 10.7 Å². The van der Waals surface area contributed by atoms with E-state index in [1.165, 1.54) is 7.11 Å². The van der Waals surface area contributed by atoms with Gasteiger partial charge in [0.05, 0.1) is 13.3 Å².